The average Bonchev–Trinajstić information content (AvgIpc) is 2.80. The maximum atomic E-state index is 10.8. The summed E-state index contributed by atoms with van der Waals surface area (Å²) in [6.45, 7) is 4.29. The summed E-state index contributed by atoms with van der Waals surface area (Å²) in [7, 11) is 0. The Labute approximate surface area is 140 Å². The van der Waals surface area contributed by atoms with Gasteiger partial charge in [0.2, 0.25) is 0 Å². The van der Waals surface area contributed by atoms with Gasteiger partial charge in [0.05, 0.1) is 16.8 Å². The van der Waals surface area contributed by atoms with Gasteiger partial charge in [-0.15, -0.1) is 0 Å². The third-order valence-corrected chi connectivity index (χ3v) is 5.50. The van der Waals surface area contributed by atoms with E-state index in [1.807, 2.05) is 30.0 Å². The number of benzene rings is 1. The highest BCUT2D eigenvalue weighted by molar-refractivity contribution is 9.10. The minimum absolute atomic E-state index is 0.0259. The summed E-state index contributed by atoms with van der Waals surface area (Å²) in [6, 6.07) is 6.22. The molecule has 0 aliphatic rings. The van der Waals surface area contributed by atoms with E-state index >= 15 is 0 Å². The molecule has 2 rings (SSSR count). The number of hydrogen-bond donors (Lipinski definition) is 1. The Balaban J connectivity index is 2.42. The average molecular weight is 389 g/mol. The highest BCUT2D eigenvalue weighted by atomic mass is 79.9. The highest BCUT2D eigenvalue weighted by Gasteiger charge is 2.17. The molecule has 0 radical (unpaired) electrons. The van der Waals surface area contributed by atoms with E-state index in [1.54, 1.807) is 0 Å². The van der Waals surface area contributed by atoms with Crippen LogP contribution in [0.4, 0.5) is 0 Å². The van der Waals surface area contributed by atoms with Gasteiger partial charge < -0.3 is 9.67 Å². The molecule has 7 heteroatoms. The first-order valence-electron chi connectivity index (χ1n) is 6.62. The number of hydrogen-bond acceptors (Lipinski definition) is 4. The Kier molecular flexibility index (Phi) is 6.01. The van der Waals surface area contributed by atoms with Crippen molar-refractivity contribution in [2.24, 2.45) is 0 Å². The van der Waals surface area contributed by atoms with E-state index < -0.39 is 5.97 Å². The molecular formula is C14H17BrN2O2S2. The molecule has 0 saturated heterocycles. The zero-order valence-corrected chi connectivity index (χ0v) is 15.1. The molecule has 0 saturated carbocycles. The van der Waals surface area contributed by atoms with Crippen LogP contribution in [0.15, 0.2) is 27.8 Å². The van der Waals surface area contributed by atoms with Gasteiger partial charge in [0.15, 0.2) is 5.16 Å². The Bertz CT molecular complexity index is 645. The molecule has 1 N–H and O–H groups in total. The number of thioether (sulfide) groups is 2. The van der Waals surface area contributed by atoms with Crippen molar-refractivity contribution >= 4 is 56.5 Å². The predicted octanol–water partition coefficient (Wildman–Crippen LogP) is 4.29. The van der Waals surface area contributed by atoms with Crippen molar-refractivity contribution in [1.82, 2.24) is 9.55 Å². The largest absolute Gasteiger partial charge is 0.481 e. The van der Waals surface area contributed by atoms with E-state index in [-0.39, 0.29) is 11.8 Å². The topological polar surface area (TPSA) is 55.1 Å². The molecule has 1 heterocycles. The van der Waals surface area contributed by atoms with Gasteiger partial charge in [-0.05, 0) is 30.9 Å². The number of nitrogens with zero attached hydrogens (tertiary/aromatic N) is 2. The smallest absolute Gasteiger partial charge is 0.313 e. The van der Waals surface area contributed by atoms with Crippen LogP contribution < -0.4 is 0 Å². The van der Waals surface area contributed by atoms with Crippen LogP contribution in [0.5, 0.6) is 0 Å². The van der Waals surface area contributed by atoms with Crippen molar-refractivity contribution in [3.05, 3.63) is 22.7 Å². The first kappa shape index (κ1) is 16.7. The Hall–Kier alpha value is -0.660. The lowest BCUT2D eigenvalue weighted by atomic mass is 10.3. The third-order valence-electron chi connectivity index (χ3n) is 2.95. The van der Waals surface area contributed by atoms with E-state index in [0.29, 0.717) is 0 Å². The number of fused-ring (bicyclic) bond motifs is 1. The molecule has 0 bridgehead atoms. The second kappa shape index (κ2) is 7.56. The van der Waals surface area contributed by atoms with E-state index in [0.717, 1.165) is 32.2 Å². The normalized spacial score (nSPS) is 12.7. The van der Waals surface area contributed by atoms with Crippen molar-refractivity contribution in [3.8, 4) is 0 Å². The fourth-order valence-corrected chi connectivity index (χ4v) is 3.97. The van der Waals surface area contributed by atoms with Crippen molar-refractivity contribution in [1.29, 1.82) is 0 Å². The summed E-state index contributed by atoms with van der Waals surface area (Å²) in [4.78, 5) is 15.4. The zero-order chi connectivity index (χ0) is 15.4. The number of rotatable bonds is 7. The second-order valence-corrected chi connectivity index (χ2v) is 7.77. The van der Waals surface area contributed by atoms with Gasteiger partial charge in [-0.1, -0.05) is 34.6 Å². The molecule has 114 valence electrons. The van der Waals surface area contributed by atoms with Crippen LogP contribution in [0.2, 0.25) is 0 Å². The van der Waals surface area contributed by atoms with Crippen molar-refractivity contribution in [3.63, 3.8) is 0 Å². The molecule has 0 fully saturated rings. The summed E-state index contributed by atoms with van der Waals surface area (Å²) >= 11 is 6.64. The summed E-state index contributed by atoms with van der Waals surface area (Å²) < 4.78 is 3.15. The lowest BCUT2D eigenvalue weighted by Gasteiger charge is -2.16. The van der Waals surface area contributed by atoms with Crippen LogP contribution in [0.1, 0.15) is 19.9 Å². The van der Waals surface area contributed by atoms with Crippen LogP contribution in [0, 0.1) is 0 Å². The van der Waals surface area contributed by atoms with Gasteiger partial charge in [0.25, 0.3) is 0 Å². The monoisotopic (exact) mass is 388 g/mol. The van der Waals surface area contributed by atoms with Crippen molar-refractivity contribution < 1.29 is 9.90 Å². The molecule has 2 aromatic rings. The lowest BCUT2D eigenvalue weighted by molar-refractivity contribution is -0.133. The van der Waals surface area contributed by atoms with E-state index in [2.05, 4.69) is 39.3 Å². The number of carboxylic acids is 1. The van der Waals surface area contributed by atoms with Gasteiger partial charge >= 0.3 is 5.97 Å². The first-order valence-corrected chi connectivity index (χ1v) is 9.56. The molecule has 0 aliphatic heterocycles. The number of carbonyl (C=O) groups is 1. The number of aromatic nitrogens is 2. The highest BCUT2D eigenvalue weighted by Crippen LogP contribution is 2.30. The molecule has 1 unspecified atom stereocenters. The Morgan fingerprint density at radius 1 is 1.52 bits per heavy atom. The fourth-order valence-electron chi connectivity index (χ4n) is 2.06. The Morgan fingerprint density at radius 3 is 2.95 bits per heavy atom. The van der Waals surface area contributed by atoms with Gasteiger partial charge in [-0.2, -0.15) is 11.8 Å². The maximum absolute atomic E-state index is 10.8. The molecule has 4 nitrogen and oxygen atoms in total. The molecule has 21 heavy (non-hydrogen) atoms. The van der Waals surface area contributed by atoms with Crippen LogP contribution in [0.25, 0.3) is 11.0 Å². The molecule has 0 amide bonds. The van der Waals surface area contributed by atoms with Crippen LogP contribution >= 0.6 is 39.5 Å². The van der Waals surface area contributed by atoms with Gasteiger partial charge in [-0.3, -0.25) is 4.79 Å². The third kappa shape index (κ3) is 4.17. The second-order valence-electron chi connectivity index (χ2n) is 4.59. The lowest BCUT2D eigenvalue weighted by Crippen LogP contribution is -2.10. The number of carboxylic acid groups (broad SMARTS) is 1. The molecule has 1 atom stereocenters. The van der Waals surface area contributed by atoms with E-state index in [4.69, 9.17) is 5.11 Å². The van der Waals surface area contributed by atoms with Crippen molar-refractivity contribution in [2.45, 2.75) is 25.0 Å². The summed E-state index contributed by atoms with van der Waals surface area (Å²) in [6.07, 6.45) is 0. The van der Waals surface area contributed by atoms with Crippen LogP contribution in [-0.2, 0) is 4.79 Å². The zero-order valence-electron chi connectivity index (χ0n) is 11.9. The van der Waals surface area contributed by atoms with Gasteiger partial charge in [0.1, 0.15) is 0 Å². The SMILES string of the molecule is CCSCC(C)n1c(SCC(=O)O)nc2ccc(Br)cc21. The van der Waals surface area contributed by atoms with Crippen LogP contribution in [-0.4, -0.2) is 37.9 Å². The van der Waals surface area contributed by atoms with E-state index in [9.17, 15) is 4.79 Å². The summed E-state index contributed by atoms with van der Waals surface area (Å²) in [5, 5.41) is 9.67. The number of aliphatic carboxylic acids is 1. The molecular weight excluding hydrogens is 372 g/mol. The summed E-state index contributed by atoms with van der Waals surface area (Å²) in [5.74, 6) is 1.25. The first-order chi connectivity index (χ1) is 10.0. The van der Waals surface area contributed by atoms with Gasteiger partial charge in [0, 0.05) is 16.3 Å². The van der Waals surface area contributed by atoms with Crippen LogP contribution in [0.3, 0.4) is 0 Å². The predicted molar refractivity (Wildman–Crippen MR) is 93.5 cm³/mol. The number of halogens is 1. The minimum Gasteiger partial charge on any atom is -0.481 e. The quantitative estimate of drug-likeness (QED) is 0.716. The summed E-state index contributed by atoms with van der Waals surface area (Å²) in [5.41, 5.74) is 1.95. The van der Waals surface area contributed by atoms with Crippen molar-refractivity contribution in [2.75, 3.05) is 17.3 Å². The standard InChI is InChI=1S/C14H17BrN2O2S2/c1-3-20-7-9(2)17-12-6-10(15)4-5-11(12)16-14(17)21-8-13(18)19/h4-6,9H,3,7-8H2,1-2H3,(H,18,19). The van der Waals surface area contributed by atoms with Gasteiger partial charge in [-0.25, -0.2) is 4.98 Å². The molecule has 0 aliphatic carbocycles. The molecule has 1 aromatic carbocycles. The Morgan fingerprint density at radius 2 is 2.29 bits per heavy atom. The minimum atomic E-state index is -0.824. The fraction of sp³-hybridized carbons (Fsp3) is 0.429. The van der Waals surface area contributed by atoms with E-state index in [1.165, 1.54) is 11.8 Å². The molecule has 0 spiro atoms. The molecule has 1 aromatic heterocycles. The number of imidazole rings is 1. The maximum Gasteiger partial charge on any atom is 0.313 e.